The second-order valence-electron chi connectivity index (χ2n) is 4.60. The van der Waals surface area contributed by atoms with Gasteiger partial charge in [0.05, 0.1) is 0 Å². The quantitative estimate of drug-likeness (QED) is 0.707. The molecule has 0 aromatic rings. The first kappa shape index (κ1) is 9.97. The third-order valence-corrected chi connectivity index (χ3v) is 3.24. The van der Waals surface area contributed by atoms with Crippen LogP contribution < -0.4 is 5.32 Å². The Labute approximate surface area is 85.8 Å². The maximum absolute atomic E-state index is 11.8. The molecule has 1 heterocycles. The fourth-order valence-electron chi connectivity index (χ4n) is 1.89. The molecule has 80 valence electrons. The molecule has 0 radical (unpaired) electrons. The predicted octanol–water partition coefficient (Wildman–Crippen LogP) is 0.854. The number of nitrogens with zero attached hydrogens (tertiary/aromatic N) is 1. The van der Waals surface area contributed by atoms with Crippen LogP contribution in [0.25, 0.3) is 0 Å². The second kappa shape index (κ2) is 4.30. The van der Waals surface area contributed by atoms with Crippen molar-refractivity contribution in [1.29, 1.82) is 0 Å². The van der Waals surface area contributed by atoms with Gasteiger partial charge in [-0.2, -0.15) is 0 Å². The van der Waals surface area contributed by atoms with Gasteiger partial charge in [0.1, 0.15) is 0 Å². The minimum Gasteiger partial charge on any atom is -0.343 e. The van der Waals surface area contributed by atoms with Gasteiger partial charge in [0.2, 0.25) is 5.91 Å². The number of carbonyl (C=O) groups excluding carboxylic acids is 1. The predicted molar refractivity (Wildman–Crippen MR) is 56.0 cm³/mol. The Morgan fingerprint density at radius 2 is 2.07 bits per heavy atom. The van der Waals surface area contributed by atoms with E-state index in [-0.39, 0.29) is 0 Å². The Morgan fingerprint density at radius 3 is 2.50 bits per heavy atom. The Kier molecular flexibility index (Phi) is 3.06. The SMILES string of the molecule is CCN(CC1CC1)C(=O)CC1CNC1. The highest BCUT2D eigenvalue weighted by atomic mass is 16.2. The van der Waals surface area contributed by atoms with Gasteiger partial charge in [-0.05, 0) is 44.7 Å². The van der Waals surface area contributed by atoms with Gasteiger partial charge >= 0.3 is 0 Å². The van der Waals surface area contributed by atoms with Gasteiger partial charge in [0.15, 0.2) is 0 Å². The first-order valence-electron chi connectivity index (χ1n) is 5.78. The molecule has 2 fully saturated rings. The molecule has 1 aliphatic carbocycles. The standard InChI is InChI=1S/C11H20N2O/c1-2-13(8-9-3-4-9)11(14)5-10-6-12-7-10/h9-10,12H,2-8H2,1H3. The smallest absolute Gasteiger partial charge is 0.222 e. The van der Waals surface area contributed by atoms with Crippen LogP contribution in [0.1, 0.15) is 26.2 Å². The van der Waals surface area contributed by atoms with Crippen LogP contribution in [0, 0.1) is 11.8 Å². The molecule has 2 rings (SSSR count). The van der Waals surface area contributed by atoms with E-state index in [1.807, 2.05) is 4.90 Å². The summed E-state index contributed by atoms with van der Waals surface area (Å²) < 4.78 is 0. The van der Waals surface area contributed by atoms with Crippen molar-refractivity contribution >= 4 is 5.91 Å². The average Bonchev–Trinajstić information content (AvgIpc) is 2.90. The summed E-state index contributed by atoms with van der Waals surface area (Å²) in [6, 6.07) is 0. The first-order chi connectivity index (χ1) is 6.79. The summed E-state index contributed by atoms with van der Waals surface area (Å²) in [6.07, 6.45) is 3.41. The highest BCUT2D eigenvalue weighted by molar-refractivity contribution is 5.76. The molecule has 0 aromatic heterocycles. The molecule has 1 saturated carbocycles. The van der Waals surface area contributed by atoms with Gasteiger partial charge in [0, 0.05) is 19.5 Å². The molecule has 3 heteroatoms. The number of hydrogen-bond donors (Lipinski definition) is 1. The first-order valence-corrected chi connectivity index (χ1v) is 5.78. The van der Waals surface area contributed by atoms with Crippen LogP contribution >= 0.6 is 0 Å². The lowest BCUT2D eigenvalue weighted by molar-refractivity contribution is -0.132. The maximum Gasteiger partial charge on any atom is 0.222 e. The lowest BCUT2D eigenvalue weighted by Gasteiger charge is -2.29. The largest absolute Gasteiger partial charge is 0.343 e. The number of amides is 1. The summed E-state index contributed by atoms with van der Waals surface area (Å²) >= 11 is 0. The van der Waals surface area contributed by atoms with Crippen LogP contribution in [0.3, 0.4) is 0 Å². The molecule has 2 aliphatic rings. The van der Waals surface area contributed by atoms with Crippen molar-refractivity contribution in [3.05, 3.63) is 0 Å². The lowest BCUT2D eigenvalue weighted by Crippen LogP contribution is -2.45. The van der Waals surface area contributed by atoms with Gasteiger partial charge in [-0.15, -0.1) is 0 Å². The van der Waals surface area contributed by atoms with Crippen LogP contribution in [0.2, 0.25) is 0 Å². The number of nitrogens with one attached hydrogen (secondary N) is 1. The van der Waals surface area contributed by atoms with Crippen molar-refractivity contribution in [2.24, 2.45) is 11.8 Å². The molecular weight excluding hydrogens is 176 g/mol. The highest BCUT2D eigenvalue weighted by Crippen LogP contribution is 2.30. The maximum atomic E-state index is 11.8. The van der Waals surface area contributed by atoms with E-state index in [1.54, 1.807) is 0 Å². The average molecular weight is 196 g/mol. The van der Waals surface area contributed by atoms with E-state index in [0.29, 0.717) is 11.8 Å². The molecule has 0 spiro atoms. The molecule has 1 N–H and O–H groups in total. The van der Waals surface area contributed by atoms with E-state index in [2.05, 4.69) is 12.2 Å². The summed E-state index contributed by atoms with van der Waals surface area (Å²) in [5.74, 6) is 1.79. The number of rotatable bonds is 5. The summed E-state index contributed by atoms with van der Waals surface area (Å²) in [7, 11) is 0. The van der Waals surface area contributed by atoms with Gasteiger partial charge in [-0.3, -0.25) is 4.79 Å². The minimum absolute atomic E-state index is 0.367. The van der Waals surface area contributed by atoms with Gasteiger partial charge in [-0.25, -0.2) is 0 Å². The van der Waals surface area contributed by atoms with Gasteiger partial charge < -0.3 is 10.2 Å². The molecule has 0 atom stereocenters. The monoisotopic (exact) mass is 196 g/mol. The molecule has 14 heavy (non-hydrogen) atoms. The van der Waals surface area contributed by atoms with Crippen molar-refractivity contribution in [3.63, 3.8) is 0 Å². The molecule has 1 amide bonds. The van der Waals surface area contributed by atoms with E-state index >= 15 is 0 Å². The number of hydrogen-bond acceptors (Lipinski definition) is 2. The van der Waals surface area contributed by atoms with E-state index in [0.717, 1.165) is 38.5 Å². The van der Waals surface area contributed by atoms with Crippen molar-refractivity contribution in [3.8, 4) is 0 Å². The molecule has 1 aliphatic heterocycles. The van der Waals surface area contributed by atoms with Gasteiger partial charge in [-0.1, -0.05) is 0 Å². The highest BCUT2D eigenvalue weighted by Gasteiger charge is 2.28. The van der Waals surface area contributed by atoms with Crippen LogP contribution in [0.5, 0.6) is 0 Å². The van der Waals surface area contributed by atoms with Crippen molar-refractivity contribution < 1.29 is 4.79 Å². The zero-order valence-corrected chi connectivity index (χ0v) is 8.96. The topological polar surface area (TPSA) is 32.3 Å². The van der Waals surface area contributed by atoms with Crippen LogP contribution in [0.4, 0.5) is 0 Å². The fraction of sp³-hybridized carbons (Fsp3) is 0.909. The third-order valence-electron chi connectivity index (χ3n) is 3.24. The summed E-state index contributed by atoms with van der Waals surface area (Å²) in [6.45, 7) is 6.05. The molecule has 0 unspecified atom stereocenters. The zero-order chi connectivity index (χ0) is 9.97. The Bertz CT molecular complexity index is 209. The third kappa shape index (κ3) is 2.47. The molecule has 3 nitrogen and oxygen atoms in total. The lowest BCUT2D eigenvalue weighted by atomic mass is 9.98. The summed E-state index contributed by atoms with van der Waals surface area (Å²) in [4.78, 5) is 13.9. The summed E-state index contributed by atoms with van der Waals surface area (Å²) in [5.41, 5.74) is 0. The van der Waals surface area contributed by atoms with E-state index in [9.17, 15) is 4.79 Å². The number of carbonyl (C=O) groups is 1. The Morgan fingerprint density at radius 1 is 1.36 bits per heavy atom. The van der Waals surface area contributed by atoms with Crippen molar-refractivity contribution in [2.45, 2.75) is 26.2 Å². The minimum atomic E-state index is 0.367. The van der Waals surface area contributed by atoms with E-state index in [4.69, 9.17) is 0 Å². The second-order valence-corrected chi connectivity index (χ2v) is 4.60. The summed E-state index contributed by atoms with van der Waals surface area (Å²) in [5, 5.41) is 3.21. The van der Waals surface area contributed by atoms with Crippen LogP contribution in [0.15, 0.2) is 0 Å². The fourth-order valence-corrected chi connectivity index (χ4v) is 1.89. The molecule has 1 saturated heterocycles. The zero-order valence-electron chi connectivity index (χ0n) is 8.96. The van der Waals surface area contributed by atoms with Crippen molar-refractivity contribution in [1.82, 2.24) is 10.2 Å². The van der Waals surface area contributed by atoms with Crippen LogP contribution in [-0.2, 0) is 4.79 Å². The van der Waals surface area contributed by atoms with Crippen molar-refractivity contribution in [2.75, 3.05) is 26.2 Å². The van der Waals surface area contributed by atoms with Crippen LogP contribution in [-0.4, -0.2) is 37.0 Å². The normalized spacial score (nSPS) is 21.8. The van der Waals surface area contributed by atoms with E-state index in [1.165, 1.54) is 12.8 Å². The van der Waals surface area contributed by atoms with E-state index < -0.39 is 0 Å². The van der Waals surface area contributed by atoms with Gasteiger partial charge in [0.25, 0.3) is 0 Å². The Balaban J connectivity index is 1.73. The Hall–Kier alpha value is -0.570. The molecular formula is C11H20N2O. The molecule has 0 bridgehead atoms. The molecule has 0 aromatic carbocycles.